The molecular weight excluding hydrogens is 538 g/mol. The van der Waals surface area contributed by atoms with E-state index >= 15 is 4.39 Å². The summed E-state index contributed by atoms with van der Waals surface area (Å²) in [5.41, 5.74) is 1.63. The lowest BCUT2D eigenvalue weighted by molar-refractivity contribution is -0.154. The second-order valence-electron chi connectivity index (χ2n) is 9.38. The van der Waals surface area contributed by atoms with Crippen LogP contribution in [-0.4, -0.2) is 43.5 Å². The van der Waals surface area contributed by atoms with Crippen LogP contribution in [0.3, 0.4) is 0 Å². The number of hydrogen-bond acceptors (Lipinski definition) is 8. The van der Waals surface area contributed by atoms with Gasteiger partial charge in [-0.25, -0.2) is 24.3 Å². The number of ether oxygens (including phenoxy) is 1. The minimum absolute atomic E-state index is 0.0284. The summed E-state index contributed by atoms with van der Waals surface area (Å²) in [4.78, 5) is 34.4. The number of H-pyrrole nitrogens is 1. The van der Waals surface area contributed by atoms with Gasteiger partial charge in [0.2, 0.25) is 0 Å². The number of rotatable bonds is 6. The first-order chi connectivity index (χ1) is 17.9. The Labute approximate surface area is 226 Å². The monoisotopic (exact) mass is 560 g/mol. The second-order valence-corrected chi connectivity index (χ2v) is 11.5. The van der Waals surface area contributed by atoms with E-state index in [2.05, 4.69) is 30.2 Å². The number of fused-ring (bicyclic) bond motifs is 4. The highest BCUT2D eigenvalue weighted by molar-refractivity contribution is 7.19. The Morgan fingerprint density at radius 1 is 1.19 bits per heavy atom. The van der Waals surface area contributed by atoms with Crippen molar-refractivity contribution in [3.63, 3.8) is 0 Å². The summed E-state index contributed by atoms with van der Waals surface area (Å²) < 4.78 is 22.0. The average molecular weight is 561 g/mol. The first-order valence-corrected chi connectivity index (χ1v) is 13.8. The number of carbonyl (C=O) groups is 1. The SMILES string of the molecule is CCOC(=O)[C@@H]1C2CCC(CC2)[C@H]1Nc1nc(-c2c[nH]c3ncc(Cl)nc23)nc(-c2ccc(Cl)s2)c1F. The highest BCUT2D eigenvalue weighted by Gasteiger charge is 2.48. The van der Waals surface area contributed by atoms with Crippen LogP contribution >= 0.6 is 34.5 Å². The molecule has 8 nitrogen and oxygen atoms in total. The molecule has 3 aliphatic carbocycles. The third-order valence-electron chi connectivity index (χ3n) is 7.33. The van der Waals surface area contributed by atoms with Crippen molar-refractivity contribution in [3.8, 4) is 22.0 Å². The van der Waals surface area contributed by atoms with Crippen molar-refractivity contribution in [2.24, 2.45) is 17.8 Å². The van der Waals surface area contributed by atoms with Crippen LogP contribution in [0.15, 0.2) is 24.5 Å². The number of esters is 1. The van der Waals surface area contributed by atoms with Crippen LogP contribution in [0, 0.1) is 23.6 Å². The average Bonchev–Trinajstić information content (AvgIpc) is 3.52. The molecule has 0 radical (unpaired) electrons. The predicted molar refractivity (Wildman–Crippen MR) is 141 cm³/mol. The van der Waals surface area contributed by atoms with Gasteiger partial charge in [-0.3, -0.25) is 4.79 Å². The molecule has 4 aromatic heterocycles. The van der Waals surface area contributed by atoms with E-state index in [0.717, 1.165) is 25.7 Å². The topological polar surface area (TPSA) is 106 Å². The van der Waals surface area contributed by atoms with Crippen molar-refractivity contribution < 1.29 is 13.9 Å². The fraction of sp³-hybridized carbons (Fsp3) is 0.400. The fourth-order valence-corrected chi connectivity index (χ4v) is 6.86. The fourth-order valence-electron chi connectivity index (χ4n) is 5.70. The van der Waals surface area contributed by atoms with Crippen molar-refractivity contribution in [3.05, 3.63) is 39.8 Å². The first-order valence-electron chi connectivity index (χ1n) is 12.2. The Kier molecular flexibility index (Phi) is 6.50. The van der Waals surface area contributed by atoms with Gasteiger partial charge >= 0.3 is 5.97 Å². The van der Waals surface area contributed by atoms with E-state index < -0.39 is 5.82 Å². The largest absolute Gasteiger partial charge is 0.466 e. The zero-order chi connectivity index (χ0) is 25.7. The van der Waals surface area contributed by atoms with E-state index in [1.165, 1.54) is 17.5 Å². The number of nitrogens with zero attached hydrogens (tertiary/aromatic N) is 4. The maximum atomic E-state index is 16.0. The molecule has 0 saturated heterocycles. The zero-order valence-electron chi connectivity index (χ0n) is 19.8. The van der Waals surface area contributed by atoms with E-state index in [1.807, 2.05) is 0 Å². The van der Waals surface area contributed by atoms with Gasteiger partial charge < -0.3 is 15.0 Å². The molecule has 12 heteroatoms. The Bertz CT molecular complexity index is 1490. The van der Waals surface area contributed by atoms with Gasteiger partial charge in [0.15, 0.2) is 23.1 Å². The molecule has 3 saturated carbocycles. The van der Waals surface area contributed by atoms with Gasteiger partial charge in [-0.05, 0) is 56.6 Å². The number of nitrogens with one attached hydrogen (secondary N) is 2. The van der Waals surface area contributed by atoms with E-state index in [1.54, 1.807) is 25.3 Å². The second kappa shape index (κ2) is 9.81. The molecule has 2 bridgehead atoms. The molecule has 0 amide bonds. The smallest absolute Gasteiger partial charge is 0.311 e. The number of thiophene rings is 1. The molecule has 4 aromatic rings. The third-order valence-corrected chi connectivity index (χ3v) is 8.75. The Morgan fingerprint density at radius 2 is 1.97 bits per heavy atom. The molecule has 0 aliphatic heterocycles. The number of hydrogen-bond donors (Lipinski definition) is 2. The van der Waals surface area contributed by atoms with Crippen molar-refractivity contribution >= 4 is 57.5 Å². The Morgan fingerprint density at radius 3 is 2.70 bits per heavy atom. The summed E-state index contributed by atoms with van der Waals surface area (Å²) in [6, 6.07) is 3.13. The minimum atomic E-state index is -0.602. The summed E-state index contributed by atoms with van der Waals surface area (Å²) in [5, 5.41) is 3.54. The molecule has 4 heterocycles. The van der Waals surface area contributed by atoms with Crippen LogP contribution in [0.25, 0.3) is 33.1 Å². The molecule has 2 atom stereocenters. The highest BCUT2D eigenvalue weighted by Crippen LogP contribution is 2.47. The predicted octanol–water partition coefficient (Wildman–Crippen LogP) is 6.37. The van der Waals surface area contributed by atoms with Crippen LogP contribution in [0.5, 0.6) is 0 Å². The molecule has 2 N–H and O–H groups in total. The standard InChI is InChI=1S/C25H23Cl2FN6O2S/c1-2-36-25(35)17-11-3-5-12(6-4-11)19(17)32-23-18(28)21(14-7-8-16(27)37-14)33-22(34-23)13-9-29-24-20(13)31-15(26)10-30-24/h7-12,17,19H,2-6H2,1H3,(H,29,30)(H,32,33,34)/t11?,12?,17-,19-/m1/s1. The van der Waals surface area contributed by atoms with E-state index in [9.17, 15) is 4.79 Å². The van der Waals surface area contributed by atoms with Gasteiger partial charge in [0, 0.05) is 12.2 Å². The molecule has 37 heavy (non-hydrogen) atoms. The zero-order valence-corrected chi connectivity index (χ0v) is 22.1. The Hall–Kier alpha value is -2.82. The number of anilines is 1. The molecule has 0 unspecified atom stereocenters. The number of aromatic nitrogens is 5. The van der Waals surface area contributed by atoms with Crippen molar-refractivity contribution in [2.75, 3.05) is 11.9 Å². The number of halogens is 3. The lowest BCUT2D eigenvalue weighted by atomic mass is 9.61. The summed E-state index contributed by atoms with van der Waals surface area (Å²) in [6.45, 7) is 2.10. The van der Waals surface area contributed by atoms with Gasteiger partial charge in [0.25, 0.3) is 0 Å². The molecule has 3 fully saturated rings. The number of carbonyl (C=O) groups excluding carboxylic acids is 1. The van der Waals surface area contributed by atoms with E-state index in [0.29, 0.717) is 32.5 Å². The van der Waals surface area contributed by atoms with E-state index in [4.69, 9.17) is 27.9 Å². The van der Waals surface area contributed by atoms with Crippen molar-refractivity contribution in [2.45, 2.75) is 38.6 Å². The van der Waals surface area contributed by atoms with Crippen LogP contribution in [-0.2, 0) is 9.53 Å². The molecule has 192 valence electrons. The van der Waals surface area contributed by atoms with Crippen LogP contribution < -0.4 is 5.32 Å². The maximum absolute atomic E-state index is 16.0. The van der Waals surface area contributed by atoms with Crippen molar-refractivity contribution in [1.82, 2.24) is 24.9 Å². The molecular formula is C25H23Cl2FN6O2S. The molecule has 0 aromatic carbocycles. The summed E-state index contributed by atoms with van der Waals surface area (Å²) in [5.74, 6) is -0.503. The van der Waals surface area contributed by atoms with Crippen LogP contribution in [0.2, 0.25) is 9.49 Å². The van der Waals surface area contributed by atoms with Gasteiger partial charge in [0.05, 0.1) is 33.5 Å². The number of aromatic amines is 1. The van der Waals surface area contributed by atoms with E-state index in [-0.39, 0.29) is 52.3 Å². The van der Waals surface area contributed by atoms with Crippen LogP contribution in [0.1, 0.15) is 32.6 Å². The minimum Gasteiger partial charge on any atom is -0.466 e. The first kappa shape index (κ1) is 24.5. The summed E-state index contributed by atoms with van der Waals surface area (Å²) in [6.07, 6.45) is 7.00. The molecule has 3 aliphatic rings. The lowest BCUT2D eigenvalue weighted by Gasteiger charge is -2.47. The van der Waals surface area contributed by atoms with Gasteiger partial charge in [-0.15, -0.1) is 11.3 Å². The van der Waals surface area contributed by atoms with Crippen molar-refractivity contribution in [1.29, 1.82) is 0 Å². The molecule has 0 spiro atoms. The quantitative estimate of drug-likeness (QED) is 0.264. The third kappa shape index (κ3) is 4.45. The summed E-state index contributed by atoms with van der Waals surface area (Å²) in [7, 11) is 0. The summed E-state index contributed by atoms with van der Waals surface area (Å²) >= 11 is 13.5. The maximum Gasteiger partial charge on any atom is 0.311 e. The van der Waals surface area contributed by atoms with Gasteiger partial charge in [-0.1, -0.05) is 23.2 Å². The highest BCUT2D eigenvalue weighted by atomic mass is 35.5. The lowest BCUT2D eigenvalue weighted by Crippen LogP contribution is -2.52. The van der Waals surface area contributed by atoms with Gasteiger partial charge in [0.1, 0.15) is 16.4 Å². The van der Waals surface area contributed by atoms with Gasteiger partial charge in [-0.2, -0.15) is 0 Å². The molecule has 7 rings (SSSR count). The van der Waals surface area contributed by atoms with Crippen LogP contribution in [0.4, 0.5) is 10.2 Å². The Balaban J connectivity index is 1.47. The normalized spacial score (nSPS) is 22.9.